The Kier molecular flexibility index (Phi) is 4.79. The molecule has 1 atom stereocenters. The molecule has 0 spiro atoms. The van der Waals surface area contributed by atoms with E-state index in [0.717, 1.165) is 5.56 Å². The summed E-state index contributed by atoms with van der Waals surface area (Å²) in [5, 5.41) is 0. The van der Waals surface area contributed by atoms with Crippen molar-refractivity contribution < 1.29 is 14.3 Å². The number of rotatable bonds is 5. The van der Waals surface area contributed by atoms with Crippen LogP contribution in [-0.4, -0.2) is 19.7 Å². The predicted molar refractivity (Wildman–Crippen MR) is 61.9 cm³/mol. The van der Waals surface area contributed by atoms with E-state index < -0.39 is 0 Å². The van der Waals surface area contributed by atoms with Gasteiger partial charge in [-0.05, 0) is 24.6 Å². The first-order chi connectivity index (χ1) is 7.67. The van der Waals surface area contributed by atoms with Crippen molar-refractivity contribution in [3.8, 4) is 0 Å². The number of nitrogens with two attached hydrogens (primary N) is 1. The van der Waals surface area contributed by atoms with Gasteiger partial charge in [0.2, 0.25) is 0 Å². The average molecular weight is 223 g/mol. The van der Waals surface area contributed by atoms with Crippen LogP contribution < -0.4 is 5.73 Å². The van der Waals surface area contributed by atoms with Crippen LogP contribution in [0.5, 0.6) is 0 Å². The quantitative estimate of drug-likeness (QED) is 0.612. The van der Waals surface area contributed by atoms with Crippen LogP contribution in [0.3, 0.4) is 0 Å². The van der Waals surface area contributed by atoms with E-state index in [1.54, 1.807) is 26.2 Å². The number of carbonyl (C=O) groups is 1. The van der Waals surface area contributed by atoms with E-state index in [4.69, 9.17) is 15.2 Å². The van der Waals surface area contributed by atoms with Gasteiger partial charge in [0.15, 0.2) is 0 Å². The molecule has 0 aliphatic rings. The van der Waals surface area contributed by atoms with Crippen LogP contribution >= 0.6 is 0 Å². The molecule has 0 fully saturated rings. The Morgan fingerprint density at radius 3 is 2.50 bits per heavy atom. The summed E-state index contributed by atoms with van der Waals surface area (Å²) in [6.07, 6.45) is -0.0616. The third-order valence-corrected chi connectivity index (χ3v) is 2.25. The van der Waals surface area contributed by atoms with Gasteiger partial charge in [0.25, 0.3) is 0 Å². The third-order valence-electron chi connectivity index (χ3n) is 2.25. The Morgan fingerprint density at radius 1 is 1.38 bits per heavy atom. The number of nitrogen functional groups attached to an aromatic ring is 1. The molecule has 0 saturated heterocycles. The highest BCUT2D eigenvalue weighted by atomic mass is 16.5. The summed E-state index contributed by atoms with van der Waals surface area (Å²) in [4.78, 5) is 11.3. The monoisotopic (exact) mass is 223 g/mol. The van der Waals surface area contributed by atoms with Crippen molar-refractivity contribution in [1.82, 2.24) is 0 Å². The van der Waals surface area contributed by atoms with Crippen molar-refractivity contribution in [3.63, 3.8) is 0 Å². The van der Waals surface area contributed by atoms with Crippen LogP contribution in [0.4, 0.5) is 5.69 Å². The number of anilines is 1. The van der Waals surface area contributed by atoms with Crippen molar-refractivity contribution in [2.45, 2.75) is 19.4 Å². The number of benzene rings is 1. The zero-order chi connectivity index (χ0) is 12.0. The summed E-state index contributed by atoms with van der Waals surface area (Å²) in [7, 11) is 1.57. The number of methoxy groups -OCH3 is 1. The summed E-state index contributed by atoms with van der Waals surface area (Å²) in [6, 6.07) is 7.27. The lowest BCUT2D eigenvalue weighted by Gasteiger charge is -2.14. The zero-order valence-corrected chi connectivity index (χ0v) is 9.60. The van der Waals surface area contributed by atoms with Crippen LogP contribution in [0, 0.1) is 0 Å². The Labute approximate surface area is 95.3 Å². The molecule has 4 nitrogen and oxygen atoms in total. The fraction of sp³-hybridized carbons (Fsp3) is 0.417. The van der Waals surface area contributed by atoms with Gasteiger partial charge in [-0.3, -0.25) is 4.79 Å². The molecule has 4 heteroatoms. The molecule has 16 heavy (non-hydrogen) atoms. The summed E-state index contributed by atoms with van der Waals surface area (Å²) < 4.78 is 10.1. The highest BCUT2D eigenvalue weighted by molar-refractivity contribution is 5.70. The first kappa shape index (κ1) is 12.5. The minimum atomic E-state index is -0.278. The predicted octanol–water partition coefficient (Wildman–Crippen LogP) is 1.91. The molecule has 0 aromatic heterocycles. The molecule has 1 aromatic carbocycles. The van der Waals surface area contributed by atoms with E-state index in [0.29, 0.717) is 12.3 Å². The molecule has 88 valence electrons. The van der Waals surface area contributed by atoms with Gasteiger partial charge >= 0.3 is 5.97 Å². The van der Waals surface area contributed by atoms with Gasteiger partial charge < -0.3 is 15.2 Å². The molecule has 0 heterocycles. The van der Waals surface area contributed by atoms with E-state index in [1.165, 1.54) is 0 Å². The molecule has 1 aromatic rings. The summed E-state index contributed by atoms with van der Waals surface area (Å²) in [5.41, 5.74) is 7.20. The number of esters is 1. The van der Waals surface area contributed by atoms with Gasteiger partial charge in [-0.1, -0.05) is 12.1 Å². The summed E-state index contributed by atoms with van der Waals surface area (Å²) >= 11 is 0. The van der Waals surface area contributed by atoms with Gasteiger partial charge in [0.05, 0.1) is 19.1 Å². The standard InChI is InChI=1S/C12H17NO3/c1-3-16-12(14)8-11(15-2)9-4-6-10(13)7-5-9/h4-7,11H,3,8,13H2,1-2H3/t11-/m0/s1. The third kappa shape index (κ3) is 3.55. The first-order valence-electron chi connectivity index (χ1n) is 5.21. The fourth-order valence-electron chi connectivity index (χ4n) is 1.42. The number of hydrogen-bond donors (Lipinski definition) is 1. The van der Waals surface area contributed by atoms with Crippen LogP contribution in [0.2, 0.25) is 0 Å². The summed E-state index contributed by atoms with van der Waals surface area (Å²) in [6.45, 7) is 2.17. The average Bonchev–Trinajstić information content (AvgIpc) is 2.27. The minimum absolute atomic E-state index is 0.217. The van der Waals surface area contributed by atoms with Crippen LogP contribution in [0.25, 0.3) is 0 Å². The molecule has 2 N–H and O–H groups in total. The van der Waals surface area contributed by atoms with Crippen molar-refractivity contribution in [2.24, 2.45) is 0 Å². The highest BCUT2D eigenvalue weighted by Gasteiger charge is 2.15. The molecule has 0 radical (unpaired) electrons. The maximum atomic E-state index is 11.3. The Morgan fingerprint density at radius 2 is 2.00 bits per heavy atom. The van der Waals surface area contributed by atoms with Gasteiger partial charge in [-0.2, -0.15) is 0 Å². The molecule has 0 amide bonds. The molecule has 0 unspecified atom stereocenters. The number of carbonyl (C=O) groups excluding carboxylic acids is 1. The maximum absolute atomic E-state index is 11.3. The number of ether oxygens (including phenoxy) is 2. The maximum Gasteiger partial charge on any atom is 0.308 e. The minimum Gasteiger partial charge on any atom is -0.466 e. The molecule has 1 rings (SSSR count). The van der Waals surface area contributed by atoms with Gasteiger partial charge in [-0.25, -0.2) is 0 Å². The van der Waals surface area contributed by atoms with Crippen LogP contribution in [-0.2, 0) is 14.3 Å². The Bertz CT molecular complexity index is 335. The van der Waals surface area contributed by atoms with Gasteiger partial charge in [0.1, 0.15) is 0 Å². The molecule has 0 saturated carbocycles. The van der Waals surface area contributed by atoms with E-state index >= 15 is 0 Å². The van der Waals surface area contributed by atoms with E-state index in [-0.39, 0.29) is 18.5 Å². The lowest BCUT2D eigenvalue weighted by Crippen LogP contribution is -2.11. The van der Waals surface area contributed by atoms with Crippen LogP contribution in [0.15, 0.2) is 24.3 Å². The number of hydrogen-bond acceptors (Lipinski definition) is 4. The topological polar surface area (TPSA) is 61.5 Å². The van der Waals surface area contributed by atoms with Crippen molar-refractivity contribution >= 4 is 11.7 Å². The molecule has 0 aliphatic heterocycles. The molecular formula is C12H17NO3. The molecule has 0 bridgehead atoms. The van der Waals surface area contributed by atoms with E-state index in [2.05, 4.69) is 0 Å². The fourth-order valence-corrected chi connectivity index (χ4v) is 1.42. The van der Waals surface area contributed by atoms with Gasteiger partial charge in [0, 0.05) is 12.8 Å². The zero-order valence-electron chi connectivity index (χ0n) is 9.60. The highest BCUT2D eigenvalue weighted by Crippen LogP contribution is 2.21. The van der Waals surface area contributed by atoms with Crippen molar-refractivity contribution in [1.29, 1.82) is 0 Å². The van der Waals surface area contributed by atoms with Gasteiger partial charge in [-0.15, -0.1) is 0 Å². The Hall–Kier alpha value is -1.55. The van der Waals surface area contributed by atoms with E-state index in [1.807, 2.05) is 12.1 Å². The lowest BCUT2D eigenvalue weighted by molar-refractivity contribution is -0.146. The SMILES string of the molecule is CCOC(=O)C[C@H](OC)c1ccc(N)cc1. The normalized spacial score (nSPS) is 12.1. The second kappa shape index (κ2) is 6.12. The van der Waals surface area contributed by atoms with Crippen molar-refractivity contribution in [2.75, 3.05) is 19.5 Å². The lowest BCUT2D eigenvalue weighted by atomic mass is 10.1. The first-order valence-corrected chi connectivity index (χ1v) is 5.21. The molecule has 0 aliphatic carbocycles. The second-order valence-electron chi connectivity index (χ2n) is 3.40. The smallest absolute Gasteiger partial charge is 0.308 e. The second-order valence-corrected chi connectivity index (χ2v) is 3.40. The molecular weight excluding hydrogens is 206 g/mol. The van der Waals surface area contributed by atoms with E-state index in [9.17, 15) is 4.79 Å². The summed E-state index contributed by atoms with van der Waals surface area (Å²) in [5.74, 6) is -0.258. The Balaban J connectivity index is 2.67. The van der Waals surface area contributed by atoms with Crippen LogP contribution in [0.1, 0.15) is 25.0 Å². The van der Waals surface area contributed by atoms with Crippen molar-refractivity contribution in [3.05, 3.63) is 29.8 Å². The largest absolute Gasteiger partial charge is 0.466 e.